The third-order valence-corrected chi connectivity index (χ3v) is 6.95. The summed E-state index contributed by atoms with van der Waals surface area (Å²) in [6, 6.07) is 15.5. The number of unbranched alkanes of at least 4 members (excludes halogenated alkanes) is 1. The van der Waals surface area contributed by atoms with Gasteiger partial charge in [0.25, 0.3) is 0 Å². The van der Waals surface area contributed by atoms with Gasteiger partial charge in [-0.25, -0.2) is 13.1 Å². The molecule has 1 atom stereocenters. The fourth-order valence-electron chi connectivity index (χ4n) is 3.40. The van der Waals surface area contributed by atoms with Crippen LogP contribution in [0, 0.1) is 0 Å². The average molecular weight is 474 g/mol. The number of carbonyl (C=O) groups excluding carboxylic acids is 2. The van der Waals surface area contributed by atoms with E-state index in [2.05, 4.69) is 17.0 Å². The molecule has 33 heavy (non-hydrogen) atoms. The first-order valence-corrected chi connectivity index (χ1v) is 13.0. The average Bonchev–Trinajstić information content (AvgIpc) is 2.81. The monoisotopic (exact) mass is 473 g/mol. The summed E-state index contributed by atoms with van der Waals surface area (Å²) >= 11 is 0. The number of hydrogen-bond acceptors (Lipinski definition) is 4. The van der Waals surface area contributed by atoms with Crippen LogP contribution in [0.15, 0.2) is 59.5 Å². The van der Waals surface area contributed by atoms with Gasteiger partial charge < -0.3 is 10.2 Å². The molecule has 0 heterocycles. The fourth-order valence-corrected chi connectivity index (χ4v) is 4.44. The van der Waals surface area contributed by atoms with Gasteiger partial charge in [-0.2, -0.15) is 0 Å². The number of carbonyl (C=O) groups is 2. The van der Waals surface area contributed by atoms with Crippen LogP contribution in [0.5, 0.6) is 0 Å². The maximum atomic E-state index is 13.1. The minimum absolute atomic E-state index is 0.124. The molecule has 0 aliphatic rings. The second kappa shape index (κ2) is 13.1. The highest BCUT2D eigenvalue weighted by Gasteiger charge is 2.25. The molecule has 2 amide bonds. The number of hydrogen-bond donors (Lipinski definition) is 2. The SMILES string of the molecule is CCCCNC(=O)C(C)N(Cc1ccccc1)C(=O)CCc1ccc(S(=O)(=O)NCC)cc1. The van der Waals surface area contributed by atoms with Crippen LogP contribution < -0.4 is 10.0 Å². The van der Waals surface area contributed by atoms with Crippen molar-refractivity contribution in [3.05, 3.63) is 65.7 Å². The molecule has 0 aliphatic carbocycles. The largest absolute Gasteiger partial charge is 0.354 e. The number of nitrogens with one attached hydrogen (secondary N) is 2. The van der Waals surface area contributed by atoms with E-state index in [0.29, 0.717) is 26.1 Å². The van der Waals surface area contributed by atoms with Crippen LogP contribution in [0.1, 0.15) is 51.2 Å². The number of amides is 2. The molecule has 0 radical (unpaired) electrons. The second-order valence-electron chi connectivity index (χ2n) is 7.97. The summed E-state index contributed by atoms with van der Waals surface area (Å²) in [5, 5.41) is 2.91. The first-order valence-electron chi connectivity index (χ1n) is 11.5. The lowest BCUT2D eigenvalue weighted by Gasteiger charge is -2.29. The predicted octanol–water partition coefficient (Wildman–Crippen LogP) is 3.25. The standard InChI is InChI=1S/C25H35N3O4S/c1-4-6-18-26-25(30)20(3)28(19-22-10-8-7-9-11-22)24(29)17-14-21-12-15-23(16-13-21)33(31,32)27-5-2/h7-13,15-16,20,27H,4-6,14,17-19H2,1-3H3,(H,26,30). The third kappa shape index (κ3) is 8.29. The molecule has 2 rings (SSSR count). The molecule has 8 heteroatoms. The van der Waals surface area contributed by atoms with Crippen LogP contribution in [0.4, 0.5) is 0 Å². The summed E-state index contributed by atoms with van der Waals surface area (Å²) in [6.45, 7) is 6.80. The molecule has 180 valence electrons. The van der Waals surface area contributed by atoms with Gasteiger partial charge in [0.1, 0.15) is 6.04 Å². The van der Waals surface area contributed by atoms with E-state index in [1.807, 2.05) is 30.3 Å². The van der Waals surface area contributed by atoms with Crippen molar-refractivity contribution < 1.29 is 18.0 Å². The zero-order valence-electron chi connectivity index (χ0n) is 19.7. The van der Waals surface area contributed by atoms with Crippen molar-refractivity contribution in [1.82, 2.24) is 14.9 Å². The Kier molecular flexibility index (Phi) is 10.5. The Balaban J connectivity index is 2.08. The second-order valence-corrected chi connectivity index (χ2v) is 9.74. The Hall–Kier alpha value is -2.71. The van der Waals surface area contributed by atoms with E-state index in [-0.39, 0.29) is 23.1 Å². The van der Waals surface area contributed by atoms with Gasteiger partial charge in [-0.15, -0.1) is 0 Å². The summed E-state index contributed by atoms with van der Waals surface area (Å²) in [5.74, 6) is -0.285. The Morgan fingerprint density at radius 3 is 2.24 bits per heavy atom. The number of rotatable bonds is 13. The molecular formula is C25H35N3O4S. The lowest BCUT2D eigenvalue weighted by Crippen LogP contribution is -2.47. The highest BCUT2D eigenvalue weighted by Crippen LogP contribution is 2.15. The van der Waals surface area contributed by atoms with Crippen LogP contribution in [-0.4, -0.2) is 44.3 Å². The minimum atomic E-state index is -3.51. The molecule has 2 aromatic carbocycles. The first-order chi connectivity index (χ1) is 15.8. The summed E-state index contributed by atoms with van der Waals surface area (Å²) in [5.41, 5.74) is 1.82. The van der Waals surface area contributed by atoms with Gasteiger partial charge in [0.05, 0.1) is 4.90 Å². The molecule has 0 saturated heterocycles. The first kappa shape index (κ1) is 26.5. The van der Waals surface area contributed by atoms with Gasteiger partial charge >= 0.3 is 0 Å². The van der Waals surface area contributed by atoms with Gasteiger partial charge in [-0.1, -0.05) is 62.7 Å². The maximum Gasteiger partial charge on any atom is 0.242 e. The van der Waals surface area contributed by atoms with E-state index in [0.717, 1.165) is 24.0 Å². The lowest BCUT2D eigenvalue weighted by molar-refractivity contribution is -0.140. The molecule has 2 aromatic rings. The molecule has 0 aliphatic heterocycles. The zero-order chi connectivity index (χ0) is 24.3. The Bertz CT molecular complexity index is 992. The van der Waals surface area contributed by atoms with Crippen LogP contribution in [-0.2, 0) is 32.6 Å². The lowest BCUT2D eigenvalue weighted by atomic mass is 10.1. The van der Waals surface area contributed by atoms with Gasteiger partial charge in [-0.3, -0.25) is 9.59 Å². The molecule has 0 spiro atoms. The van der Waals surface area contributed by atoms with Gasteiger partial charge in [0.2, 0.25) is 21.8 Å². The Morgan fingerprint density at radius 1 is 0.970 bits per heavy atom. The molecule has 0 fully saturated rings. The van der Waals surface area contributed by atoms with E-state index < -0.39 is 16.1 Å². The smallest absolute Gasteiger partial charge is 0.242 e. The molecule has 7 nitrogen and oxygen atoms in total. The molecule has 1 unspecified atom stereocenters. The third-order valence-electron chi connectivity index (χ3n) is 5.39. The van der Waals surface area contributed by atoms with Crippen LogP contribution in [0.3, 0.4) is 0 Å². The van der Waals surface area contributed by atoms with Crippen molar-refractivity contribution >= 4 is 21.8 Å². The number of nitrogens with zero attached hydrogens (tertiary/aromatic N) is 1. The Labute approximate surface area is 197 Å². The van der Waals surface area contributed by atoms with Crippen molar-refractivity contribution in [2.45, 2.75) is 63.9 Å². The fraction of sp³-hybridized carbons (Fsp3) is 0.440. The van der Waals surface area contributed by atoms with Crippen LogP contribution in [0.25, 0.3) is 0 Å². The van der Waals surface area contributed by atoms with Crippen molar-refractivity contribution in [2.24, 2.45) is 0 Å². The van der Waals surface area contributed by atoms with E-state index in [1.165, 1.54) is 0 Å². The van der Waals surface area contributed by atoms with Gasteiger partial charge in [0.15, 0.2) is 0 Å². The van der Waals surface area contributed by atoms with Gasteiger partial charge in [-0.05, 0) is 43.0 Å². The minimum Gasteiger partial charge on any atom is -0.354 e. The van der Waals surface area contributed by atoms with Crippen molar-refractivity contribution in [3.63, 3.8) is 0 Å². The highest BCUT2D eigenvalue weighted by molar-refractivity contribution is 7.89. The van der Waals surface area contributed by atoms with Crippen LogP contribution >= 0.6 is 0 Å². The summed E-state index contributed by atoms with van der Waals surface area (Å²) < 4.78 is 26.7. The van der Waals surface area contributed by atoms with E-state index in [1.54, 1.807) is 43.0 Å². The van der Waals surface area contributed by atoms with Crippen molar-refractivity contribution in [1.29, 1.82) is 0 Å². The van der Waals surface area contributed by atoms with Crippen molar-refractivity contribution in [3.8, 4) is 0 Å². The zero-order valence-corrected chi connectivity index (χ0v) is 20.5. The predicted molar refractivity (Wildman–Crippen MR) is 130 cm³/mol. The van der Waals surface area contributed by atoms with E-state index >= 15 is 0 Å². The molecule has 2 N–H and O–H groups in total. The molecule has 0 saturated carbocycles. The number of aryl methyl sites for hydroxylation is 1. The quantitative estimate of drug-likeness (QED) is 0.437. The highest BCUT2D eigenvalue weighted by atomic mass is 32.2. The van der Waals surface area contributed by atoms with E-state index in [9.17, 15) is 18.0 Å². The van der Waals surface area contributed by atoms with Gasteiger partial charge in [0, 0.05) is 26.1 Å². The topological polar surface area (TPSA) is 95.6 Å². The number of benzene rings is 2. The maximum absolute atomic E-state index is 13.1. The molecule has 0 bridgehead atoms. The Morgan fingerprint density at radius 2 is 1.64 bits per heavy atom. The summed E-state index contributed by atoms with van der Waals surface area (Å²) in [6.07, 6.45) is 2.55. The molecular weight excluding hydrogens is 438 g/mol. The summed E-state index contributed by atoms with van der Waals surface area (Å²) in [7, 11) is -3.51. The van der Waals surface area contributed by atoms with Crippen molar-refractivity contribution in [2.75, 3.05) is 13.1 Å². The van der Waals surface area contributed by atoms with Crippen LogP contribution in [0.2, 0.25) is 0 Å². The molecule has 0 aromatic heterocycles. The normalized spacial score (nSPS) is 12.2. The summed E-state index contributed by atoms with van der Waals surface area (Å²) in [4.78, 5) is 27.6. The van der Waals surface area contributed by atoms with E-state index in [4.69, 9.17) is 0 Å². The number of sulfonamides is 1.